The smallest absolute Gasteiger partial charge is 0.305 e. The van der Waals surface area contributed by atoms with Crippen molar-refractivity contribution in [3.05, 3.63) is 34.3 Å². The number of halogens is 1. The normalized spacial score (nSPS) is 11.8. The third-order valence-corrected chi connectivity index (χ3v) is 2.65. The fourth-order valence-corrected chi connectivity index (χ4v) is 1.83. The van der Waals surface area contributed by atoms with Crippen molar-refractivity contribution in [1.82, 2.24) is 5.32 Å². The van der Waals surface area contributed by atoms with Crippen molar-refractivity contribution in [3.63, 3.8) is 0 Å². The average Bonchev–Trinajstić information content (AvgIpc) is 2.17. The number of carbonyl (C=O) groups excluding carboxylic acids is 1. The fraction of sp³-hybridized carbons (Fsp3) is 0.200. The summed E-state index contributed by atoms with van der Waals surface area (Å²) in [5.41, 5.74) is 0.756. The standard InChI is InChI=1S/C10H10BrNO3/c11-8-4-2-1-3-7(8)9(12-6-13)5-10(14)15/h1-4,6,9H,5H2,(H,12,13)(H,14,15)/t9-/m1/s1. The quantitative estimate of drug-likeness (QED) is 0.802. The van der Waals surface area contributed by atoms with Gasteiger partial charge in [-0.2, -0.15) is 0 Å². The van der Waals surface area contributed by atoms with E-state index < -0.39 is 12.0 Å². The third kappa shape index (κ3) is 3.36. The third-order valence-electron chi connectivity index (χ3n) is 1.93. The van der Waals surface area contributed by atoms with E-state index in [1.54, 1.807) is 18.2 Å². The lowest BCUT2D eigenvalue weighted by molar-refractivity contribution is -0.137. The van der Waals surface area contributed by atoms with Crippen LogP contribution in [0.5, 0.6) is 0 Å². The zero-order valence-corrected chi connectivity index (χ0v) is 9.40. The highest BCUT2D eigenvalue weighted by Gasteiger charge is 2.16. The lowest BCUT2D eigenvalue weighted by atomic mass is 10.0. The van der Waals surface area contributed by atoms with Crippen LogP contribution in [0.4, 0.5) is 0 Å². The van der Waals surface area contributed by atoms with E-state index >= 15 is 0 Å². The minimum absolute atomic E-state index is 0.138. The molecule has 4 nitrogen and oxygen atoms in total. The number of carboxylic acid groups (broad SMARTS) is 1. The van der Waals surface area contributed by atoms with Crippen molar-refractivity contribution >= 4 is 28.3 Å². The number of carbonyl (C=O) groups is 2. The highest BCUT2D eigenvalue weighted by Crippen LogP contribution is 2.24. The van der Waals surface area contributed by atoms with Gasteiger partial charge < -0.3 is 10.4 Å². The first-order chi connectivity index (χ1) is 7.15. The van der Waals surface area contributed by atoms with Gasteiger partial charge in [-0.25, -0.2) is 0 Å². The first kappa shape index (κ1) is 11.7. The Balaban J connectivity index is 2.92. The van der Waals surface area contributed by atoms with Crippen LogP contribution in [0.25, 0.3) is 0 Å². The van der Waals surface area contributed by atoms with Gasteiger partial charge in [-0.05, 0) is 11.6 Å². The van der Waals surface area contributed by atoms with Crippen LogP contribution in [-0.4, -0.2) is 17.5 Å². The molecule has 15 heavy (non-hydrogen) atoms. The number of carboxylic acids is 1. The zero-order chi connectivity index (χ0) is 11.3. The molecule has 1 aromatic carbocycles. The molecule has 0 spiro atoms. The molecule has 0 fully saturated rings. The summed E-state index contributed by atoms with van der Waals surface area (Å²) in [6.07, 6.45) is 0.369. The van der Waals surface area contributed by atoms with Gasteiger partial charge in [0.05, 0.1) is 12.5 Å². The summed E-state index contributed by atoms with van der Waals surface area (Å²) < 4.78 is 0.783. The molecule has 0 aliphatic heterocycles. The molecule has 0 aromatic heterocycles. The predicted octanol–water partition coefficient (Wildman–Crippen LogP) is 1.71. The summed E-state index contributed by atoms with van der Waals surface area (Å²) in [5.74, 6) is -0.954. The number of amides is 1. The lowest BCUT2D eigenvalue weighted by Crippen LogP contribution is -2.22. The molecule has 1 aromatic rings. The van der Waals surface area contributed by atoms with E-state index in [-0.39, 0.29) is 6.42 Å². The molecule has 1 atom stereocenters. The van der Waals surface area contributed by atoms with E-state index in [1.807, 2.05) is 6.07 Å². The summed E-state index contributed by atoms with van der Waals surface area (Å²) >= 11 is 3.31. The molecular weight excluding hydrogens is 262 g/mol. The van der Waals surface area contributed by atoms with Crippen LogP contribution in [0.2, 0.25) is 0 Å². The maximum Gasteiger partial charge on any atom is 0.305 e. The number of aliphatic carboxylic acids is 1. The minimum atomic E-state index is -0.954. The van der Waals surface area contributed by atoms with Crippen LogP contribution in [0, 0.1) is 0 Å². The molecule has 0 radical (unpaired) electrons. The summed E-state index contributed by atoms with van der Waals surface area (Å²) in [4.78, 5) is 21.0. The van der Waals surface area contributed by atoms with Crippen molar-refractivity contribution in [2.75, 3.05) is 0 Å². The highest BCUT2D eigenvalue weighted by molar-refractivity contribution is 9.10. The summed E-state index contributed by atoms with van der Waals surface area (Å²) in [6.45, 7) is 0. The lowest BCUT2D eigenvalue weighted by Gasteiger charge is -2.15. The van der Waals surface area contributed by atoms with Gasteiger partial charge in [0.15, 0.2) is 0 Å². The predicted molar refractivity (Wildman–Crippen MR) is 58.3 cm³/mol. The van der Waals surface area contributed by atoms with Crippen LogP contribution in [0.15, 0.2) is 28.7 Å². The summed E-state index contributed by atoms with van der Waals surface area (Å²) in [5, 5.41) is 11.2. The van der Waals surface area contributed by atoms with Gasteiger partial charge in [0.1, 0.15) is 0 Å². The van der Waals surface area contributed by atoms with Crippen molar-refractivity contribution in [1.29, 1.82) is 0 Å². The molecule has 1 rings (SSSR count). The molecule has 0 saturated heterocycles. The SMILES string of the molecule is O=CN[C@H](CC(=O)O)c1ccccc1Br. The largest absolute Gasteiger partial charge is 0.481 e. The zero-order valence-electron chi connectivity index (χ0n) is 7.81. The van der Waals surface area contributed by atoms with Gasteiger partial charge in [-0.3, -0.25) is 9.59 Å². The van der Waals surface area contributed by atoms with E-state index in [0.29, 0.717) is 6.41 Å². The second kappa shape index (κ2) is 5.50. The maximum absolute atomic E-state index is 10.6. The Kier molecular flexibility index (Phi) is 4.30. The topological polar surface area (TPSA) is 66.4 Å². The van der Waals surface area contributed by atoms with Gasteiger partial charge >= 0.3 is 5.97 Å². The highest BCUT2D eigenvalue weighted by atomic mass is 79.9. The maximum atomic E-state index is 10.6. The van der Waals surface area contributed by atoms with E-state index in [4.69, 9.17) is 5.11 Å². The second-order valence-corrected chi connectivity index (χ2v) is 3.81. The molecule has 0 unspecified atom stereocenters. The Morgan fingerprint density at radius 1 is 1.53 bits per heavy atom. The van der Waals surface area contributed by atoms with Crippen molar-refractivity contribution < 1.29 is 14.7 Å². The molecule has 0 saturated carbocycles. The molecule has 80 valence electrons. The van der Waals surface area contributed by atoms with Crippen molar-refractivity contribution in [2.24, 2.45) is 0 Å². The van der Waals surface area contributed by atoms with E-state index in [2.05, 4.69) is 21.2 Å². The number of nitrogens with one attached hydrogen (secondary N) is 1. The minimum Gasteiger partial charge on any atom is -0.481 e. The molecule has 0 bridgehead atoms. The Labute approximate surface area is 95.4 Å². The van der Waals surface area contributed by atoms with E-state index in [9.17, 15) is 9.59 Å². The Hall–Kier alpha value is -1.36. The molecule has 0 aliphatic carbocycles. The molecule has 0 heterocycles. The van der Waals surface area contributed by atoms with Gasteiger partial charge in [0, 0.05) is 4.47 Å². The average molecular weight is 272 g/mol. The number of hydrogen-bond donors (Lipinski definition) is 2. The Morgan fingerprint density at radius 3 is 2.73 bits per heavy atom. The Bertz CT molecular complexity index is 367. The van der Waals surface area contributed by atoms with Crippen LogP contribution in [-0.2, 0) is 9.59 Å². The van der Waals surface area contributed by atoms with Crippen molar-refractivity contribution in [2.45, 2.75) is 12.5 Å². The first-order valence-electron chi connectivity index (χ1n) is 4.31. The van der Waals surface area contributed by atoms with Gasteiger partial charge in [0.2, 0.25) is 6.41 Å². The molecular formula is C10H10BrNO3. The van der Waals surface area contributed by atoms with Crippen LogP contribution < -0.4 is 5.32 Å². The number of benzene rings is 1. The van der Waals surface area contributed by atoms with E-state index in [1.165, 1.54) is 0 Å². The monoisotopic (exact) mass is 271 g/mol. The van der Waals surface area contributed by atoms with Gasteiger partial charge in [-0.15, -0.1) is 0 Å². The molecule has 0 aliphatic rings. The first-order valence-corrected chi connectivity index (χ1v) is 5.10. The van der Waals surface area contributed by atoms with Gasteiger partial charge in [0.25, 0.3) is 0 Å². The molecule has 1 amide bonds. The van der Waals surface area contributed by atoms with Crippen LogP contribution >= 0.6 is 15.9 Å². The van der Waals surface area contributed by atoms with Crippen LogP contribution in [0.3, 0.4) is 0 Å². The summed E-state index contributed by atoms with van der Waals surface area (Å²) in [7, 11) is 0. The molecule has 2 N–H and O–H groups in total. The van der Waals surface area contributed by atoms with Crippen molar-refractivity contribution in [3.8, 4) is 0 Å². The number of rotatable bonds is 5. The van der Waals surface area contributed by atoms with E-state index in [0.717, 1.165) is 10.0 Å². The number of hydrogen-bond acceptors (Lipinski definition) is 2. The fourth-order valence-electron chi connectivity index (χ4n) is 1.27. The molecule has 5 heteroatoms. The Morgan fingerprint density at radius 2 is 2.20 bits per heavy atom. The second-order valence-electron chi connectivity index (χ2n) is 2.96. The summed E-state index contributed by atoms with van der Waals surface area (Å²) in [6, 6.07) is 6.69. The van der Waals surface area contributed by atoms with Gasteiger partial charge in [-0.1, -0.05) is 34.1 Å². The van der Waals surface area contributed by atoms with Crippen LogP contribution in [0.1, 0.15) is 18.0 Å².